The number of amides is 4. The molecule has 10 heteroatoms. The van der Waals surface area contributed by atoms with Gasteiger partial charge in [-0.1, -0.05) is 24.3 Å². The standard InChI is InChI=1S/C21H20F3N3O4/c1-20(15-7-9-16(10-8-15)31-21(22,23)24)18(29)27(19(30)25-20)12-13-5-4-6-14(11-13)17(28)26(2)3/h4-11H,12H2,1-3H3,(H,25,30). The Bertz CT molecular complexity index is 1020. The van der Waals surface area contributed by atoms with Crippen molar-refractivity contribution in [2.75, 3.05) is 14.1 Å². The van der Waals surface area contributed by atoms with Crippen LogP contribution in [0, 0.1) is 0 Å². The zero-order valence-electron chi connectivity index (χ0n) is 17.0. The Morgan fingerprint density at radius 2 is 1.77 bits per heavy atom. The van der Waals surface area contributed by atoms with Crippen LogP contribution in [0.15, 0.2) is 48.5 Å². The van der Waals surface area contributed by atoms with E-state index < -0.39 is 29.6 Å². The predicted molar refractivity (Wildman–Crippen MR) is 104 cm³/mol. The van der Waals surface area contributed by atoms with Crippen LogP contribution in [0.5, 0.6) is 5.75 Å². The summed E-state index contributed by atoms with van der Waals surface area (Å²) in [6.07, 6.45) is -4.83. The summed E-state index contributed by atoms with van der Waals surface area (Å²) in [7, 11) is 3.23. The Balaban J connectivity index is 1.81. The van der Waals surface area contributed by atoms with Crippen LogP contribution >= 0.6 is 0 Å². The van der Waals surface area contributed by atoms with Gasteiger partial charge >= 0.3 is 12.4 Å². The van der Waals surface area contributed by atoms with Crippen molar-refractivity contribution in [2.45, 2.75) is 25.4 Å². The van der Waals surface area contributed by atoms with Crippen molar-refractivity contribution in [1.82, 2.24) is 15.1 Å². The van der Waals surface area contributed by atoms with Gasteiger partial charge in [0.05, 0.1) is 6.54 Å². The summed E-state index contributed by atoms with van der Waals surface area (Å²) in [5.41, 5.74) is -0.156. The van der Waals surface area contributed by atoms with E-state index in [1.54, 1.807) is 38.4 Å². The number of carbonyl (C=O) groups excluding carboxylic acids is 3. The van der Waals surface area contributed by atoms with Gasteiger partial charge in [0, 0.05) is 19.7 Å². The van der Waals surface area contributed by atoms with Crippen molar-refractivity contribution in [1.29, 1.82) is 0 Å². The average molecular weight is 435 g/mol. The highest BCUT2D eigenvalue weighted by molar-refractivity contribution is 6.07. The molecule has 0 saturated carbocycles. The zero-order chi connectivity index (χ0) is 23.0. The molecule has 1 saturated heterocycles. The number of hydrogen-bond acceptors (Lipinski definition) is 4. The second-order valence-electron chi connectivity index (χ2n) is 7.42. The van der Waals surface area contributed by atoms with E-state index in [2.05, 4.69) is 10.1 Å². The summed E-state index contributed by atoms with van der Waals surface area (Å²) in [4.78, 5) is 40.1. The van der Waals surface area contributed by atoms with Crippen LogP contribution in [0.25, 0.3) is 0 Å². The van der Waals surface area contributed by atoms with Crippen molar-refractivity contribution in [3.63, 3.8) is 0 Å². The fraction of sp³-hybridized carbons (Fsp3) is 0.286. The normalized spacial score (nSPS) is 18.7. The van der Waals surface area contributed by atoms with Crippen molar-refractivity contribution in [3.05, 3.63) is 65.2 Å². The van der Waals surface area contributed by atoms with E-state index in [9.17, 15) is 27.6 Å². The lowest BCUT2D eigenvalue weighted by Crippen LogP contribution is -2.40. The van der Waals surface area contributed by atoms with E-state index in [0.29, 0.717) is 16.7 Å². The van der Waals surface area contributed by atoms with Crippen molar-refractivity contribution in [3.8, 4) is 5.75 Å². The first-order valence-electron chi connectivity index (χ1n) is 9.22. The molecule has 164 valence electrons. The summed E-state index contributed by atoms with van der Waals surface area (Å²) in [6, 6.07) is 10.7. The molecule has 0 radical (unpaired) electrons. The minimum absolute atomic E-state index is 0.0654. The van der Waals surface area contributed by atoms with E-state index in [1.807, 2.05) is 0 Å². The highest BCUT2D eigenvalue weighted by Crippen LogP contribution is 2.32. The lowest BCUT2D eigenvalue weighted by Gasteiger charge is -2.22. The van der Waals surface area contributed by atoms with Crippen LogP contribution in [0.2, 0.25) is 0 Å². The largest absolute Gasteiger partial charge is 0.573 e. The SMILES string of the molecule is CN(C)C(=O)c1cccc(CN2C(=O)NC(C)(c3ccc(OC(F)(F)F)cc3)C2=O)c1. The zero-order valence-corrected chi connectivity index (χ0v) is 17.0. The number of nitrogens with one attached hydrogen (secondary N) is 1. The number of halogens is 3. The van der Waals surface area contributed by atoms with Gasteiger partial charge < -0.3 is 15.0 Å². The van der Waals surface area contributed by atoms with Crippen molar-refractivity contribution < 1.29 is 32.3 Å². The van der Waals surface area contributed by atoms with Crippen LogP contribution in [0.3, 0.4) is 0 Å². The number of hydrogen-bond donors (Lipinski definition) is 1. The fourth-order valence-electron chi connectivity index (χ4n) is 3.27. The second-order valence-corrected chi connectivity index (χ2v) is 7.42. The van der Waals surface area contributed by atoms with Crippen LogP contribution < -0.4 is 10.1 Å². The van der Waals surface area contributed by atoms with E-state index in [1.165, 1.54) is 24.0 Å². The lowest BCUT2D eigenvalue weighted by molar-refractivity contribution is -0.274. The Labute approximate surface area is 176 Å². The fourth-order valence-corrected chi connectivity index (χ4v) is 3.27. The van der Waals surface area contributed by atoms with Crippen molar-refractivity contribution in [2.24, 2.45) is 0 Å². The number of nitrogens with zero attached hydrogens (tertiary/aromatic N) is 2. The molecule has 1 aliphatic heterocycles. The molecule has 7 nitrogen and oxygen atoms in total. The lowest BCUT2D eigenvalue weighted by atomic mass is 9.92. The Morgan fingerprint density at radius 1 is 1.13 bits per heavy atom. The molecule has 2 aromatic carbocycles. The van der Waals surface area contributed by atoms with E-state index in [0.717, 1.165) is 17.0 Å². The predicted octanol–water partition coefficient (Wildman–Crippen LogP) is 3.25. The Morgan fingerprint density at radius 3 is 2.35 bits per heavy atom. The maximum absolute atomic E-state index is 13.0. The molecule has 3 rings (SSSR count). The smallest absolute Gasteiger partial charge is 0.406 e. The first-order valence-corrected chi connectivity index (χ1v) is 9.22. The molecule has 4 amide bonds. The first-order chi connectivity index (χ1) is 14.4. The summed E-state index contributed by atoms with van der Waals surface area (Å²) >= 11 is 0. The van der Waals surface area contributed by atoms with Gasteiger partial charge in [0.15, 0.2) is 0 Å². The molecule has 0 spiro atoms. The molecule has 0 aromatic heterocycles. The molecule has 2 aromatic rings. The average Bonchev–Trinajstić information content (AvgIpc) is 2.91. The Kier molecular flexibility index (Phi) is 5.66. The number of urea groups is 1. The molecule has 1 aliphatic rings. The van der Waals surface area contributed by atoms with E-state index in [-0.39, 0.29) is 12.5 Å². The summed E-state index contributed by atoms with van der Waals surface area (Å²) in [6.45, 7) is 1.41. The number of alkyl halides is 3. The molecule has 1 N–H and O–H groups in total. The molecule has 1 atom stereocenters. The minimum atomic E-state index is -4.83. The molecule has 0 bridgehead atoms. The summed E-state index contributed by atoms with van der Waals surface area (Å²) < 4.78 is 40.9. The number of benzene rings is 2. The minimum Gasteiger partial charge on any atom is -0.406 e. The maximum atomic E-state index is 13.0. The molecule has 0 aliphatic carbocycles. The van der Waals surface area contributed by atoms with Crippen molar-refractivity contribution >= 4 is 17.8 Å². The maximum Gasteiger partial charge on any atom is 0.573 e. The molecular formula is C21H20F3N3O4. The number of carbonyl (C=O) groups is 3. The van der Waals surface area contributed by atoms with E-state index in [4.69, 9.17) is 0 Å². The van der Waals surface area contributed by atoms with Gasteiger partial charge in [-0.25, -0.2) is 4.79 Å². The highest BCUT2D eigenvalue weighted by atomic mass is 19.4. The van der Waals surface area contributed by atoms with Gasteiger partial charge in [-0.3, -0.25) is 14.5 Å². The Hall–Kier alpha value is -3.56. The highest BCUT2D eigenvalue weighted by Gasteiger charge is 2.49. The molecule has 31 heavy (non-hydrogen) atoms. The van der Waals surface area contributed by atoms with Gasteiger partial charge in [-0.2, -0.15) is 0 Å². The van der Waals surface area contributed by atoms with Gasteiger partial charge in [-0.15, -0.1) is 13.2 Å². The quantitative estimate of drug-likeness (QED) is 0.732. The third kappa shape index (κ3) is 4.62. The molecule has 1 unspecified atom stereocenters. The van der Waals surface area contributed by atoms with Crippen LogP contribution in [-0.2, 0) is 16.9 Å². The van der Waals surface area contributed by atoms with Crippen LogP contribution in [0.4, 0.5) is 18.0 Å². The molecular weight excluding hydrogens is 415 g/mol. The van der Waals surface area contributed by atoms with Crippen LogP contribution in [-0.4, -0.2) is 48.1 Å². The number of rotatable bonds is 5. The van der Waals surface area contributed by atoms with E-state index >= 15 is 0 Å². The topological polar surface area (TPSA) is 79.0 Å². The number of imide groups is 1. The summed E-state index contributed by atoms with van der Waals surface area (Å²) in [5.74, 6) is -1.22. The van der Waals surface area contributed by atoms with Gasteiger partial charge in [0.2, 0.25) is 0 Å². The second kappa shape index (κ2) is 7.93. The number of ether oxygens (including phenoxy) is 1. The molecule has 1 fully saturated rings. The summed E-state index contributed by atoms with van der Waals surface area (Å²) in [5, 5.41) is 2.59. The third-order valence-electron chi connectivity index (χ3n) is 4.86. The van der Waals surface area contributed by atoms with Gasteiger partial charge in [0.25, 0.3) is 11.8 Å². The first kappa shape index (κ1) is 22.1. The monoisotopic (exact) mass is 435 g/mol. The van der Waals surface area contributed by atoms with Gasteiger partial charge in [0.1, 0.15) is 11.3 Å². The van der Waals surface area contributed by atoms with Gasteiger partial charge in [-0.05, 0) is 42.3 Å². The van der Waals surface area contributed by atoms with Crippen LogP contribution in [0.1, 0.15) is 28.4 Å². The third-order valence-corrected chi connectivity index (χ3v) is 4.86. The molecule has 1 heterocycles.